The number of aromatic nitrogens is 1. The second-order valence-corrected chi connectivity index (χ2v) is 4.59. The first-order chi connectivity index (χ1) is 9.99. The van der Waals surface area contributed by atoms with Crippen LogP contribution in [-0.4, -0.2) is 16.1 Å². The van der Waals surface area contributed by atoms with Crippen molar-refractivity contribution in [1.29, 1.82) is 0 Å². The molecule has 1 atom stereocenters. The van der Waals surface area contributed by atoms with Crippen LogP contribution in [0.1, 0.15) is 11.7 Å². The summed E-state index contributed by atoms with van der Waals surface area (Å²) in [5, 5.41) is 9.92. The van der Waals surface area contributed by atoms with Gasteiger partial charge in [0.15, 0.2) is 0 Å². The molecule has 21 heavy (non-hydrogen) atoms. The summed E-state index contributed by atoms with van der Waals surface area (Å²) in [6.07, 6.45) is 1.70. The van der Waals surface area contributed by atoms with Crippen LogP contribution in [0.15, 0.2) is 54.9 Å². The Morgan fingerprint density at radius 3 is 2.81 bits per heavy atom. The molecule has 0 bridgehead atoms. The van der Waals surface area contributed by atoms with E-state index in [2.05, 4.69) is 11.6 Å². The van der Waals surface area contributed by atoms with Gasteiger partial charge in [0.05, 0.1) is 10.6 Å². The molecule has 0 fully saturated rings. The first-order valence-electron chi connectivity index (χ1n) is 5.93. The molecule has 1 aromatic carbocycles. The minimum absolute atomic E-state index is 0.0264. The highest BCUT2D eigenvalue weighted by molar-refractivity contribution is 6.30. The zero-order valence-electron chi connectivity index (χ0n) is 10.8. The van der Waals surface area contributed by atoms with E-state index in [0.717, 1.165) is 6.07 Å². The van der Waals surface area contributed by atoms with Gasteiger partial charge in [-0.1, -0.05) is 24.2 Å². The number of nitrogens with zero attached hydrogens (tertiary/aromatic N) is 1. The van der Waals surface area contributed by atoms with E-state index in [1.54, 1.807) is 12.1 Å². The summed E-state index contributed by atoms with van der Waals surface area (Å²) in [6.45, 7) is 3.49. The van der Waals surface area contributed by atoms with Crippen molar-refractivity contribution in [2.75, 3.05) is 0 Å². The molecule has 0 saturated heterocycles. The van der Waals surface area contributed by atoms with Gasteiger partial charge in [0.25, 0.3) is 0 Å². The van der Waals surface area contributed by atoms with Crippen LogP contribution in [0.25, 0.3) is 0 Å². The Morgan fingerprint density at radius 1 is 1.43 bits per heavy atom. The third kappa shape index (κ3) is 3.65. The lowest BCUT2D eigenvalue weighted by Gasteiger charge is -2.13. The van der Waals surface area contributed by atoms with E-state index >= 15 is 0 Å². The number of aliphatic hydroxyl groups excluding tert-OH is 1. The highest BCUT2D eigenvalue weighted by Gasteiger charge is 2.20. The van der Waals surface area contributed by atoms with Gasteiger partial charge < -0.3 is 9.84 Å². The molecule has 0 radical (unpaired) electrons. The number of hydrogen-bond acceptors (Lipinski definition) is 4. The van der Waals surface area contributed by atoms with Crippen molar-refractivity contribution in [3.8, 4) is 5.75 Å². The van der Waals surface area contributed by atoms with E-state index in [0.29, 0.717) is 5.56 Å². The second kappa shape index (κ2) is 6.47. The first kappa shape index (κ1) is 15.2. The molecule has 0 spiro atoms. The zero-order valence-corrected chi connectivity index (χ0v) is 11.5. The molecule has 2 aromatic rings. The van der Waals surface area contributed by atoms with Crippen LogP contribution in [-0.2, 0) is 4.79 Å². The number of rotatable bonds is 4. The number of esters is 1. The zero-order chi connectivity index (χ0) is 15.4. The van der Waals surface area contributed by atoms with Gasteiger partial charge >= 0.3 is 5.97 Å². The molecule has 1 aromatic heterocycles. The van der Waals surface area contributed by atoms with Crippen LogP contribution >= 0.6 is 11.6 Å². The smallest absolute Gasteiger partial charge is 0.341 e. The minimum Gasteiger partial charge on any atom is -0.423 e. The van der Waals surface area contributed by atoms with Gasteiger partial charge in [-0.15, -0.1) is 0 Å². The van der Waals surface area contributed by atoms with E-state index < -0.39 is 17.9 Å². The largest absolute Gasteiger partial charge is 0.423 e. The van der Waals surface area contributed by atoms with E-state index in [-0.39, 0.29) is 16.3 Å². The number of carbonyl (C=O) groups is 1. The van der Waals surface area contributed by atoms with Crippen molar-refractivity contribution in [2.24, 2.45) is 0 Å². The molecule has 0 aliphatic rings. The SMILES string of the molecule is C=C(C(=O)Oc1ccc(Cl)c(F)c1)C(O)c1cccnc1. The third-order valence-corrected chi connectivity index (χ3v) is 3.00. The number of carbonyl (C=O) groups excluding carboxylic acids is 1. The van der Waals surface area contributed by atoms with Gasteiger partial charge in [-0.3, -0.25) is 4.98 Å². The Bertz CT molecular complexity index is 676. The van der Waals surface area contributed by atoms with E-state index in [1.165, 1.54) is 24.5 Å². The Morgan fingerprint density at radius 2 is 2.19 bits per heavy atom. The molecule has 0 aliphatic carbocycles. The molecule has 0 saturated carbocycles. The lowest BCUT2D eigenvalue weighted by molar-refractivity contribution is -0.131. The van der Waals surface area contributed by atoms with Gasteiger partial charge in [0.2, 0.25) is 0 Å². The molecule has 1 heterocycles. The lowest BCUT2D eigenvalue weighted by Crippen LogP contribution is -2.16. The van der Waals surface area contributed by atoms with Crippen molar-refractivity contribution in [1.82, 2.24) is 4.98 Å². The Kier molecular flexibility index (Phi) is 4.67. The average Bonchev–Trinajstić information content (AvgIpc) is 2.50. The quantitative estimate of drug-likeness (QED) is 0.536. The maximum Gasteiger partial charge on any atom is 0.341 e. The summed E-state index contributed by atoms with van der Waals surface area (Å²) in [4.78, 5) is 15.7. The summed E-state index contributed by atoms with van der Waals surface area (Å²) in [7, 11) is 0. The van der Waals surface area contributed by atoms with Gasteiger partial charge in [-0.2, -0.15) is 0 Å². The average molecular weight is 308 g/mol. The topological polar surface area (TPSA) is 59.4 Å². The molecule has 1 unspecified atom stereocenters. The van der Waals surface area contributed by atoms with Crippen LogP contribution in [0.2, 0.25) is 5.02 Å². The maximum absolute atomic E-state index is 13.3. The summed E-state index contributed by atoms with van der Waals surface area (Å²) in [6, 6.07) is 6.79. The third-order valence-electron chi connectivity index (χ3n) is 2.69. The fourth-order valence-corrected chi connectivity index (χ4v) is 1.68. The molecular weight excluding hydrogens is 297 g/mol. The normalized spacial score (nSPS) is 11.8. The Labute approximate surface area is 125 Å². The van der Waals surface area contributed by atoms with Crippen LogP contribution < -0.4 is 4.74 Å². The van der Waals surface area contributed by atoms with Crippen molar-refractivity contribution in [3.63, 3.8) is 0 Å². The second-order valence-electron chi connectivity index (χ2n) is 4.18. The lowest BCUT2D eigenvalue weighted by atomic mass is 10.1. The van der Waals surface area contributed by atoms with Gasteiger partial charge in [-0.25, -0.2) is 9.18 Å². The van der Waals surface area contributed by atoms with E-state index in [1.807, 2.05) is 0 Å². The van der Waals surface area contributed by atoms with Crippen molar-refractivity contribution in [2.45, 2.75) is 6.10 Å². The molecule has 0 aliphatic heterocycles. The number of halogens is 2. The number of pyridine rings is 1. The fraction of sp³-hybridized carbons (Fsp3) is 0.0667. The number of aliphatic hydroxyl groups is 1. The van der Waals surface area contributed by atoms with Crippen LogP contribution in [0.5, 0.6) is 5.75 Å². The highest BCUT2D eigenvalue weighted by Crippen LogP contribution is 2.24. The summed E-state index contributed by atoms with van der Waals surface area (Å²) in [5.74, 6) is -1.60. The number of benzene rings is 1. The summed E-state index contributed by atoms with van der Waals surface area (Å²) >= 11 is 5.53. The highest BCUT2D eigenvalue weighted by atomic mass is 35.5. The van der Waals surface area contributed by atoms with Crippen LogP contribution in [0.4, 0.5) is 4.39 Å². The van der Waals surface area contributed by atoms with E-state index in [4.69, 9.17) is 16.3 Å². The van der Waals surface area contributed by atoms with Crippen molar-refractivity contribution in [3.05, 3.63) is 71.3 Å². The number of ether oxygens (including phenoxy) is 1. The first-order valence-corrected chi connectivity index (χ1v) is 6.31. The predicted octanol–water partition coefficient (Wildman–Crippen LogP) is 3.07. The summed E-state index contributed by atoms with van der Waals surface area (Å²) < 4.78 is 18.2. The maximum atomic E-state index is 13.3. The molecule has 108 valence electrons. The number of hydrogen-bond donors (Lipinski definition) is 1. The van der Waals surface area contributed by atoms with Crippen molar-refractivity contribution >= 4 is 17.6 Å². The van der Waals surface area contributed by atoms with Crippen molar-refractivity contribution < 1.29 is 19.0 Å². The standard InChI is InChI=1S/C15H11ClFNO3/c1-9(14(19)10-3-2-6-18-8-10)15(20)21-11-4-5-12(16)13(17)7-11/h2-8,14,19H,1H2. The van der Waals surface area contributed by atoms with E-state index in [9.17, 15) is 14.3 Å². The monoisotopic (exact) mass is 307 g/mol. The fourth-order valence-electron chi connectivity index (χ4n) is 1.56. The molecule has 6 heteroatoms. The van der Waals surface area contributed by atoms with Gasteiger partial charge in [-0.05, 0) is 18.2 Å². The van der Waals surface area contributed by atoms with Crippen LogP contribution in [0.3, 0.4) is 0 Å². The Balaban J connectivity index is 2.09. The van der Waals surface area contributed by atoms with Gasteiger partial charge in [0, 0.05) is 24.0 Å². The molecule has 2 rings (SSSR count). The molecule has 0 amide bonds. The summed E-state index contributed by atoms with van der Waals surface area (Å²) in [5.41, 5.74) is 0.222. The van der Waals surface area contributed by atoms with Gasteiger partial charge in [0.1, 0.15) is 17.7 Å². The predicted molar refractivity (Wildman–Crippen MR) is 75.4 cm³/mol. The molecule has 1 N–H and O–H groups in total. The molecule has 4 nitrogen and oxygen atoms in total. The molecular formula is C15H11ClFNO3. The Hall–Kier alpha value is -2.24. The van der Waals surface area contributed by atoms with Crippen LogP contribution in [0, 0.1) is 5.82 Å². The minimum atomic E-state index is -1.25.